The number of anilines is 1. The van der Waals surface area contributed by atoms with Crippen molar-refractivity contribution >= 4 is 5.69 Å². The highest BCUT2D eigenvalue weighted by atomic mass is 16.5. The summed E-state index contributed by atoms with van der Waals surface area (Å²) in [5.74, 6) is 1.06. The first-order valence-electron chi connectivity index (χ1n) is 11.6. The normalized spacial score (nSPS) is 15.3. The molecule has 4 aromatic rings. The summed E-state index contributed by atoms with van der Waals surface area (Å²) in [7, 11) is 0. The van der Waals surface area contributed by atoms with Crippen molar-refractivity contribution in [3.05, 3.63) is 108 Å². The van der Waals surface area contributed by atoms with Gasteiger partial charge in [0.1, 0.15) is 13.2 Å². The lowest BCUT2D eigenvalue weighted by molar-refractivity contribution is 0.198. The number of nitrogens with zero attached hydrogens (tertiary/aromatic N) is 2. The van der Waals surface area contributed by atoms with E-state index in [2.05, 4.69) is 23.1 Å². The number of rotatable bonds is 8. The van der Waals surface area contributed by atoms with E-state index in [1.54, 1.807) is 0 Å². The van der Waals surface area contributed by atoms with Crippen molar-refractivity contribution in [1.82, 2.24) is 4.98 Å². The molecular weight excluding hydrogens is 424 g/mol. The number of aliphatic hydroxyl groups excluding tert-OH is 1. The Bertz CT molecular complexity index is 1210. The summed E-state index contributed by atoms with van der Waals surface area (Å²) in [6.45, 7) is 2.37. The van der Waals surface area contributed by atoms with Crippen molar-refractivity contribution in [2.75, 3.05) is 18.0 Å². The number of benzene rings is 3. The zero-order chi connectivity index (χ0) is 23.2. The Hall–Kier alpha value is -3.83. The molecule has 1 N–H and O–H groups in total. The molecule has 1 unspecified atom stereocenters. The molecule has 34 heavy (non-hydrogen) atoms. The summed E-state index contributed by atoms with van der Waals surface area (Å²) in [6, 6.07) is 32.3. The zero-order valence-corrected chi connectivity index (χ0v) is 19.0. The maximum Gasteiger partial charge on any atom is 0.225 e. The second-order valence-corrected chi connectivity index (χ2v) is 8.49. The van der Waals surface area contributed by atoms with Gasteiger partial charge in [0, 0.05) is 30.4 Å². The summed E-state index contributed by atoms with van der Waals surface area (Å²) in [5, 5.41) is 9.95. The predicted octanol–water partition coefficient (Wildman–Crippen LogP) is 5.48. The Morgan fingerprint density at radius 2 is 1.50 bits per heavy atom. The molecule has 1 aromatic heterocycles. The highest BCUT2D eigenvalue weighted by Gasteiger charge is 2.21. The number of ether oxygens (including phenoxy) is 2. The molecule has 1 aliphatic heterocycles. The van der Waals surface area contributed by atoms with E-state index in [0.29, 0.717) is 31.5 Å². The average Bonchev–Trinajstić information content (AvgIpc) is 3.34. The fraction of sp³-hybridized carbons (Fsp3) is 0.207. The first kappa shape index (κ1) is 22.0. The summed E-state index contributed by atoms with van der Waals surface area (Å²) in [5.41, 5.74) is 5.17. The minimum atomic E-state index is -0.267. The van der Waals surface area contributed by atoms with Crippen LogP contribution in [0.2, 0.25) is 0 Å². The number of pyridine rings is 1. The van der Waals surface area contributed by atoms with Crippen LogP contribution in [0.4, 0.5) is 5.69 Å². The van der Waals surface area contributed by atoms with Gasteiger partial charge in [-0.1, -0.05) is 72.8 Å². The molecule has 5 heteroatoms. The van der Waals surface area contributed by atoms with Gasteiger partial charge in [-0.3, -0.25) is 0 Å². The van der Waals surface area contributed by atoms with Crippen LogP contribution >= 0.6 is 0 Å². The molecule has 0 saturated carbocycles. The van der Waals surface area contributed by atoms with Crippen LogP contribution in [0.5, 0.6) is 11.8 Å². The van der Waals surface area contributed by atoms with Gasteiger partial charge < -0.3 is 19.5 Å². The minimum Gasteiger partial charge on any atom is -0.473 e. The van der Waals surface area contributed by atoms with Crippen LogP contribution in [0.3, 0.4) is 0 Å². The van der Waals surface area contributed by atoms with E-state index in [1.807, 2.05) is 78.9 Å². The minimum absolute atomic E-state index is 0.267. The molecule has 2 heterocycles. The lowest BCUT2D eigenvalue weighted by Crippen LogP contribution is -2.20. The fourth-order valence-electron chi connectivity index (χ4n) is 4.14. The quantitative estimate of drug-likeness (QED) is 0.384. The second kappa shape index (κ2) is 10.4. The van der Waals surface area contributed by atoms with Gasteiger partial charge in [0.05, 0.1) is 6.10 Å². The van der Waals surface area contributed by atoms with E-state index in [4.69, 9.17) is 14.5 Å². The number of hydrogen-bond donors (Lipinski definition) is 1. The smallest absolute Gasteiger partial charge is 0.225 e. The lowest BCUT2D eigenvalue weighted by Gasteiger charge is -2.19. The summed E-state index contributed by atoms with van der Waals surface area (Å²) < 4.78 is 12.2. The Labute approximate surface area is 200 Å². The van der Waals surface area contributed by atoms with Gasteiger partial charge in [-0.05, 0) is 41.3 Å². The van der Waals surface area contributed by atoms with Crippen LogP contribution in [0.25, 0.3) is 11.1 Å². The van der Waals surface area contributed by atoms with Crippen LogP contribution in [-0.4, -0.2) is 29.3 Å². The largest absolute Gasteiger partial charge is 0.473 e. The third kappa shape index (κ3) is 5.38. The van der Waals surface area contributed by atoms with Crippen molar-refractivity contribution in [2.45, 2.75) is 25.7 Å². The van der Waals surface area contributed by atoms with E-state index in [-0.39, 0.29) is 6.10 Å². The van der Waals surface area contributed by atoms with Crippen molar-refractivity contribution in [3.63, 3.8) is 0 Å². The second-order valence-electron chi connectivity index (χ2n) is 8.49. The highest BCUT2D eigenvalue weighted by molar-refractivity contribution is 5.73. The number of aromatic nitrogens is 1. The molecule has 5 nitrogen and oxygen atoms in total. The molecular formula is C29H28N2O3. The van der Waals surface area contributed by atoms with E-state index >= 15 is 0 Å². The maximum atomic E-state index is 9.95. The standard InChI is InChI=1S/C29H28N2O3/c32-26-16-17-31(19-26)25-13-7-12-24(18-25)27-14-15-28(33-20-22-8-3-1-4-9-22)30-29(27)34-21-23-10-5-2-6-11-23/h1-15,18,26,32H,16-17,19-21H2. The van der Waals surface area contributed by atoms with Crippen LogP contribution in [0.15, 0.2) is 97.1 Å². The summed E-state index contributed by atoms with van der Waals surface area (Å²) in [6.07, 6.45) is 0.529. The van der Waals surface area contributed by atoms with Gasteiger partial charge >= 0.3 is 0 Å². The van der Waals surface area contributed by atoms with Crippen LogP contribution in [0.1, 0.15) is 17.5 Å². The van der Waals surface area contributed by atoms with Crippen LogP contribution in [0, 0.1) is 0 Å². The first-order valence-corrected chi connectivity index (χ1v) is 11.6. The van der Waals surface area contributed by atoms with Crippen LogP contribution < -0.4 is 14.4 Å². The number of aliphatic hydroxyl groups is 1. The third-order valence-electron chi connectivity index (χ3n) is 5.97. The summed E-state index contributed by atoms with van der Waals surface area (Å²) in [4.78, 5) is 6.93. The van der Waals surface area contributed by atoms with Gasteiger partial charge in [0.15, 0.2) is 0 Å². The molecule has 1 atom stereocenters. The molecule has 1 aliphatic rings. The molecule has 0 amide bonds. The Balaban J connectivity index is 1.42. The molecule has 0 bridgehead atoms. The monoisotopic (exact) mass is 452 g/mol. The van der Waals surface area contributed by atoms with Crippen molar-refractivity contribution in [1.29, 1.82) is 0 Å². The van der Waals surface area contributed by atoms with Crippen molar-refractivity contribution in [3.8, 4) is 22.9 Å². The molecule has 1 fully saturated rings. The Morgan fingerprint density at radius 1 is 0.794 bits per heavy atom. The Kier molecular flexibility index (Phi) is 6.73. The molecule has 172 valence electrons. The van der Waals surface area contributed by atoms with Gasteiger partial charge in [-0.2, -0.15) is 4.98 Å². The van der Waals surface area contributed by atoms with Crippen molar-refractivity contribution in [2.24, 2.45) is 0 Å². The third-order valence-corrected chi connectivity index (χ3v) is 5.97. The van der Waals surface area contributed by atoms with Crippen LogP contribution in [-0.2, 0) is 13.2 Å². The molecule has 1 saturated heterocycles. The van der Waals surface area contributed by atoms with Crippen molar-refractivity contribution < 1.29 is 14.6 Å². The van der Waals surface area contributed by atoms with Gasteiger partial charge in [0.25, 0.3) is 0 Å². The lowest BCUT2D eigenvalue weighted by atomic mass is 10.1. The van der Waals surface area contributed by atoms with Gasteiger partial charge in [-0.25, -0.2) is 0 Å². The fourth-order valence-corrected chi connectivity index (χ4v) is 4.14. The van der Waals surface area contributed by atoms with Gasteiger partial charge in [-0.15, -0.1) is 0 Å². The number of β-amino-alcohol motifs (C(OH)–C–C–N with tert-alkyl or cyclic N) is 1. The number of hydrogen-bond acceptors (Lipinski definition) is 5. The summed E-state index contributed by atoms with van der Waals surface area (Å²) >= 11 is 0. The first-order chi connectivity index (χ1) is 16.7. The molecule has 3 aromatic carbocycles. The molecule has 5 rings (SSSR count). The van der Waals surface area contributed by atoms with E-state index in [0.717, 1.165) is 40.9 Å². The molecule has 0 radical (unpaired) electrons. The molecule has 0 spiro atoms. The molecule has 0 aliphatic carbocycles. The zero-order valence-electron chi connectivity index (χ0n) is 19.0. The maximum absolute atomic E-state index is 9.95. The SMILES string of the molecule is OC1CCN(c2cccc(-c3ccc(OCc4ccccc4)nc3OCc3ccccc3)c2)C1. The highest BCUT2D eigenvalue weighted by Crippen LogP contribution is 2.34. The van der Waals surface area contributed by atoms with E-state index in [9.17, 15) is 5.11 Å². The topological polar surface area (TPSA) is 54.8 Å². The average molecular weight is 453 g/mol. The van der Waals surface area contributed by atoms with E-state index < -0.39 is 0 Å². The van der Waals surface area contributed by atoms with E-state index in [1.165, 1.54) is 0 Å². The van der Waals surface area contributed by atoms with Gasteiger partial charge in [0.2, 0.25) is 11.8 Å². The Morgan fingerprint density at radius 3 is 2.18 bits per heavy atom. The predicted molar refractivity (Wildman–Crippen MR) is 134 cm³/mol.